The summed E-state index contributed by atoms with van der Waals surface area (Å²) in [5.41, 5.74) is 6.81. The minimum atomic E-state index is -0.394. The number of rotatable bonds is 20. The Kier molecular flexibility index (Phi) is 64.6. The molecule has 118 heavy (non-hydrogen) atoms. The summed E-state index contributed by atoms with van der Waals surface area (Å²) in [6.07, 6.45) is 109. The van der Waals surface area contributed by atoms with E-state index < -0.39 is 5.97 Å². The first kappa shape index (κ1) is 108. The van der Waals surface area contributed by atoms with Crippen LogP contribution in [0.4, 0.5) is 0 Å². The summed E-state index contributed by atoms with van der Waals surface area (Å²) < 4.78 is 18.5. The molecule has 6 unspecified atom stereocenters. The molecule has 0 amide bonds. The molecular weight excluding hydrogens is 1470 g/mol. The van der Waals surface area contributed by atoms with E-state index in [9.17, 15) is 28.8 Å². The molecule has 5 saturated carbocycles. The Morgan fingerprint density at radius 2 is 0.703 bits per heavy atom. The molecular formula is C103H175N5O10. The van der Waals surface area contributed by atoms with Crippen molar-refractivity contribution in [2.45, 2.75) is 444 Å². The van der Waals surface area contributed by atoms with E-state index in [4.69, 9.17) is 35.2 Å². The number of methoxy groups -OCH3 is 4. The highest BCUT2D eigenvalue weighted by Gasteiger charge is 2.35. The average Bonchev–Trinajstić information content (AvgIpc) is 0.816. The molecule has 0 aliphatic heterocycles. The first-order valence-electron chi connectivity index (χ1n) is 47.3. The van der Waals surface area contributed by atoms with Crippen LogP contribution in [0.5, 0.6) is 0 Å². The van der Waals surface area contributed by atoms with Gasteiger partial charge in [-0.25, -0.2) is 4.79 Å². The highest BCUT2D eigenvalue weighted by molar-refractivity contribution is 5.89. The number of carbonyl (C=O) groups excluding carboxylic acids is 6. The van der Waals surface area contributed by atoms with Gasteiger partial charge < -0.3 is 34.3 Å². The van der Waals surface area contributed by atoms with Crippen LogP contribution in [0.1, 0.15) is 413 Å². The van der Waals surface area contributed by atoms with Crippen LogP contribution in [0, 0.1) is 34.0 Å². The number of hydrogen-bond acceptors (Lipinski definition) is 15. The van der Waals surface area contributed by atoms with Gasteiger partial charge in [-0.15, -0.1) is 0 Å². The molecule has 0 heterocycles. The third kappa shape index (κ3) is 51.7. The fraction of sp³-hybridized carbons (Fsp3) is 0.767. The maximum Gasteiger partial charge on any atom is 0.329 e. The molecule has 0 bridgehead atoms. The molecule has 15 nitrogen and oxygen atoms in total. The number of carbonyl (C=O) groups is 6. The van der Waals surface area contributed by atoms with Gasteiger partial charge in [0.15, 0.2) is 0 Å². The molecule has 2 N–H and O–H groups in total. The second-order valence-electron chi connectivity index (χ2n) is 35.3. The minimum Gasteiger partial charge on any atom is -0.469 e. The Morgan fingerprint density at radius 1 is 0.364 bits per heavy atom. The number of aliphatic imine (C=N–C) groups is 4. The first-order chi connectivity index (χ1) is 56.7. The van der Waals surface area contributed by atoms with Crippen LogP contribution in [-0.4, -0.2) is 119 Å². The number of nitrogens with zero attached hydrogens (tertiary/aromatic N) is 4. The number of hydrogen-bond donors (Lipinski definition) is 1. The second-order valence-corrected chi connectivity index (χ2v) is 35.3. The second kappa shape index (κ2) is 70.6. The zero-order valence-corrected chi connectivity index (χ0v) is 74.3. The Hall–Kier alpha value is -5.96. The lowest BCUT2D eigenvalue weighted by Crippen LogP contribution is -2.32. The summed E-state index contributed by atoms with van der Waals surface area (Å²) in [6.45, 7) is 5.38. The van der Waals surface area contributed by atoms with Crippen molar-refractivity contribution in [3.05, 3.63) is 85.6 Å². The van der Waals surface area contributed by atoms with E-state index in [0.29, 0.717) is 61.8 Å². The minimum absolute atomic E-state index is 0. The summed E-state index contributed by atoms with van der Waals surface area (Å²) in [4.78, 5) is 85.7. The summed E-state index contributed by atoms with van der Waals surface area (Å²) in [6, 6.07) is 2.89. The molecule has 5 fully saturated rings. The van der Waals surface area contributed by atoms with Gasteiger partial charge in [0, 0.05) is 102 Å². The third-order valence-electron chi connectivity index (χ3n) is 26.1. The van der Waals surface area contributed by atoms with E-state index in [-0.39, 0.29) is 49.0 Å². The van der Waals surface area contributed by atoms with Crippen molar-refractivity contribution in [2.75, 3.05) is 28.4 Å². The fourth-order valence-corrected chi connectivity index (χ4v) is 18.2. The van der Waals surface area contributed by atoms with E-state index >= 15 is 0 Å². The quantitative estimate of drug-likeness (QED) is 0.0302. The molecule has 11 aliphatic rings. The van der Waals surface area contributed by atoms with Crippen LogP contribution in [-0.2, 0) is 47.7 Å². The number of aldehydes is 2. The molecule has 15 heteroatoms. The van der Waals surface area contributed by atoms with E-state index in [2.05, 4.69) is 115 Å². The van der Waals surface area contributed by atoms with E-state index in [1.807, 2.05) is 0 Å². The standard InChI is InChI=1S/C20H33NO2.C19H31NO2.2C15H25N.C13H20O3.C9H14O.C6H13N.C4H6O2.2CH4/c1-17(21-18-11-7-6-8-12-18)20(16-13-19(22)23-2)14-9-4-3-5-10-15-20;1-22-18(21)12-15-19(13-8-3-2-4-9-14-19)16-20-17-10-6-5-7-11-17;2*1-2-5-9-14(10-6-3-1)13-16-15-11-7-4-8-12-15;1-16-12(15)7-10-13(11-14)8-5-3-2-4-6-9-13;10-8-9-6-4-2-1-3-5-7-9;7-6-4-2-1-3-5-6;1-3-4(5)6-2;;/h3-4,18H,5-16H2,1-2H3;2-3,16-17H,4-15H2,1H3;2*1-2,13-15H,3-12H2;2-3,11H,4-10H2,1H3;1-2,8-9H,3-7H2;6H,1-5,7H2;3H,1H2,2H3;2*1H4/b4-3-,21-17?;3-2-,20-16?;2*2-1-,16-13?;3-2-;2-1-;;;;. The van der Waals surface area contributed by atoms with Crippen molar-refractivity contribution in [1.82, 2.24) is 0 Å². The van der Waals surface area contributed by atoms with Gasteiger partial charge in [-0.2, -0.15) is 0 Å². The predicted molar refractivity (Wildman–Crippen MR) is 500 cm³/mol. The SMILES string of the molecule is C.C.C(=NC1CCCCC1)C1CC/C=C\CCC1.C(=NC1CCCCC1)C1CC/C=C\CCC1.C=CC(=O)OC.COC(=O)CCC1(C(C)=NC2CCCCC2)CC/C=C\CCC1.COC(=O)CCC1(C=NC2CCCCC2)CC/C=C\CCC1.COC(=O)CCC1(C=O)CC/C=C\CCC1.NC1CCCCC1.O=CC1CC/C=C\CCC1. The Balaban J connectivity index is 0.000000469. The lowest BCUT2D eigenvalue weighted by molar-refractivity contribution is -0.142. The van der Waals surface area contributed by atoms with Gasteiger partial charge in [0.1, 0.15) is 12.6 Å². The van der Waals surface area contributed by atoms with Crippen LogP contribution in [0.2, 0.25) is 0 Å². The molecule has 11 aliphatic carbocycles. The fourth-order valence-electron chi connectivity index (χ4n) is 18.2. The molecule has 0 aromatic rings. The van der Waals surface area contributed by atoms with Crippen molar-refractivity contribution >= 4 is 60.8 Å². The maximum absolute atomic E-state index is 11.7. The largest absolute Gasteiger partial charge is 0.469 e. The van der Waals surface area contributed by atoms with Crippen LogP contribution in [0.3, 0.4) is 0 Å². The van der Waals surface area contributed by atoms with Crippen molar-refractivity contribution in [2.24, 2.45) is 59.7 Å². The summed E-state index contributed by atoms with van der Waals surface area (Å²) in [5, 5.41) is 0. The maximum atomic E-state index is 11.7. The van der Waals surface area contributed by atoms with Crippen LogP contribution >= 0.6 is 0 Å². The molecule has 0 spiro atoms. The zero-order valence-electron chi connectivity index (χ0n) is 74.3. The molecule has 0 radical (unpaired) electrons. The van der Waals surface area contributed by atoms with E-state index in [1.54, 1.807) is 0 Å². The summed E-state index contributed by atoms with van der Waals surface area (Å²) in [5.74, 6) is 1.05. The van der Waals surface area contributed by atoms with Crippen molar-refractivity contribution in [1.29, 1.82) is 0 Å². The summed E-state index contributed by atoms with van der Waals surface area (Å²) >= 11 is 0. The lowest BCUT2D eigenvalue weighted by Gasteiger charge is -2.36. The summed E-state index contributed by atoms with van der Waals surface area (Å²) in [7, 11) is 5.66. The Bertz CT molecular complexity index is 2860. The molecule has 672 valence electrons. The molecule has 0 saturated heterocycles. The highest BCUT2D eigenvalue weighted by Crippen LogP contribution is 2.41. The zero-order chi connectivity index (χ0) is 83.5. The molecule has 0 aromatic carbocycles. The van der Waals surface area contributed by atoms with Crippen molar-refractivity contribution in [3.8, 4) is 0 Å². The van der Waals surface area contributed by atoms with Gasteiger partial charge in [-0.05, 0) is 295 Å². The van der Waals surface area contributed by atoms with E-state index in [0.717, 1.165) is 152 Å². The van der Waals surface area contributed by atoms with Gasteiger partial charge in [0.05, 0.1) is 28.4 Å². The van der Waals surface area contributed by atoms with Crippen LogP contribution in [0.15, 0.2) is 106 Å². The van der Waals surface area contributed by atoms with Gasteiger partial charge in [0.2, 0.25) is 0 Å². The Labute approximate surface area is 721 Å². The van der Waals surface area contributed by atoms with Crippen molar-refractivity contribution < 1.29 is 47.7 Å². The smallest absolute Gasteiger partial charge is 0.329 e. The monoisotopic (exact) mass is 1640 g/mol. The normalized spacial score (nSPS) is 27.6. The number of esters is 4. The average molecular weight is 1640 g/mol. The molecule has 11 rings (SSSR count). The lowest BCUT2D eigenvalue weighted by atomic mass is 9.70. The van der Waals surface area contributed by atoms with Crippen LogP contribution < -0.4 is 5.73 Å². The van der Waals surface area contributed by atoms with E-state index in [1.165, 1.54) is 278 Å². The van der Waals surface area contributed by atoms with Crippen LogP contribution in [0.25, 0.3) is 0 Å². The first-order valence-corrected chi connectivity index (χ1v) is 47.3. The van der Waals surface area contributed by atoms with Gasteiger partial charge >= 0.3 is 23.9 Å². The Morgan fingerprint density at radius 3 is 1.09 bits per heavy atom. The third-order valence-corrected chi connectivity index (χ3v) is 26.1. The number of nitrogens with two attached hydrogens (primary N) is 1. The van der Waals surface area contributed by atoms with Crippen molar-refractivity contribution in [3.63, 3.8) is 0 Å². The van der Waals surface area contributed by atoms with Gasteiger partial charge in [-0.1, -0.05) is 191 Å². The molecule has 6 atom stereocenters. The topological polar surface area (TPSA) is 215 Å². The number of allylic oxidation sites excluding steroid dienone is 12. The predicted octanol–water partition coefficient (Wildman–Crippen LogP) is 27.0. The number of ether oxygens (including phenoxy) is 4. The molecule has 0 aromatic heterocycles. The van der Waals surface area contributed by atoms with Gasteiger partial charge in [-0.3, -0.25) is 34.4 Å². The highest BCUT2D eigenvalue weighted by atomic mass is 16.5. The van der Waals surface area contributed by atoms with Gasteiger partial charge in [0.25, 0.3) is 0 Å².